The van der Waals surface area contributed by atoms with Gasteiger partial charge in [-0.1, -0.05) is 70.5 Å². The minimum atomic E-state index is -3.95. The third-order valence-corrected chi connectivity index (χ3v) is 6.95. The number of hydrogen-bond acceptors (Lipinski definition) is 5. The molecular weight excluding hydrogens is 640 g/mol. The molecule has 0 aliphatic carbocycles. The zero-order valence-electron chi connectivity index (χ0n) is 29.3. The molecule has 0 unspecified atom stereocenters. The molecule has 0 radical (unpaired) electrons. The molecule has 4 aromatic carbocycles. The normalized spacial score (nSPS) is 10.4. The van der Waals surface area contributed by atoms with Crippen molar-refractivity contribution in [3.63, 3.8) is 0 Å². The van der Waals surface area contributed by atoms with Gasteiger partial charge in [-0.05, 0) is 83.5 Å². The van der Waals surface area contributed by atoms with Gasteiger partial charge in [0.05, 0.1) is 25.3 Å². The number of carbonyl (C=O) groups excluding carboxylic acids is 1. The molecule has 0 spiro atoms. The average molecular weight is 689 g/mol. The molecular formula is C38H48F4N2O5. The lowest BCUT2D eigenvalue weighted by atomic mass is 9.92. The van der Waals surface area contributed by atoms with Crippen LogP contribution in [0.3, 0.4) is 0 Å². The number of amides is 1. The Morgan fingerprint density at radius 3 is 1.86 bits per heavy atom. The number of anilines is 1. The van der Waals surface area contributed by atoms with Crippen molar-refractivity contribution in [1.29, 1.82) is 0 Å². The van der Waals surface area contributed by atoms with E-state index in [1.807, 2.05) is 36.4 Å². The van der Waals surface area contributed by atoms with Gasteiger partial charge in [0, 0.05) is 18.5 Å². The SMILES string of the molecule is CCC.CCCC(F)(F)F.CCc1cc(OC)c(-c2cccc3c(CCC(=O)O)cccc23)c(OC)c1.Cc1cc(N)cc(F)c1C(N)=O. The molecule has 4 aromatic rings. The van der Waals surface area contributed by atoms with Crippen molar-refractivity contribution >= 4 is 28.3 Å². The average Bonchev–Trinajstić information content (AvgIpc) is 3.02. The molecule has 0 aliphatic rings. The Labute approximate surface area is 286 Å². The van der Waals surface area contributed by atoms with Crippen LogP contribution in [0.1, 0.15) is 80.4 Å². The second-order valence-corrected chi connectivity index (χ2v) is 11.1. The van der Waals surface area contributed by atoms with Crippen LogP contribution in [0.5, 0.6) is 11.5 Å². The highest BCUT2D eigenvalue weighted by atomic mass is 19.4. The molecule has 4 rings (SSSR count). The second-order valence-electron chi connectivity index (χ2n) is 11.1. The first-order valence-corrected chi connectivity index (χ1v) is 16.0. The number of carboxylic acid groups (broad SMARTS) is 1. The van der Waals surface area contributed by atoms with E-state index in [0.717, 1.165) is 57.0 Å². The third kappa shape index (κ3) is 13.3. The van der Waals surface area contributed by atoms with Crippen LogP contribution >= 0.6 is 0 Å². The maximum Gasteiger partial charge on any atom is 0.389 e. The van der Waals surface area contributed by atoms with Crippen LogP contribution in [0.15, 0.2) is 60.7 Å². The van der Waals surface area contributed by atoms with Crippen LogP contribution in [0.2, 0.25) is 0 Å². The molecule has 1 amide bonds. The fraction of sp³-hybridized carbons (Fsp3) is 0.368. The molecule has 49 heavy (non-hydrogen) atoms. The molecule has 0 bridgehead atoms. The van der Waals surface area contributed by atoms with E-state index in [9.17, 15) is 27.2 Å². The minimum Gasteiger partial charge on any atom is -0.496 e. The van der Waals surface area contributed by atoms with E-state index in [2.05, 4.69) is 32.9 Å². The number of methoxy groups -OCH3 is 2. The number of carbonyl (C=O) groups is 2. The van der Waals surface area contributed by atoms with Gasteiger partial charge in [-0.15, -0.1) is 0 Å². The van der Waals surface area contributed by atoms with Crippen molar-refractivity contribution in [3.05, 3.63) is 88.7 Å². The van der Waals surface area contributed by atoms with Gasteiger partial charge in [0.15, 0.2) is 0 Å². The van der Waals surface area contributed by atoms with Crippen LogP contribution < -0.4 is 20.9 Å². The topological polar surface area (TPSA) is 125 Å². The summed E-state index contributed by atoms with van der Waals surface area (Å²) in [6.07, 6.45) is -1.67. The summed E-state index contributed by atoms with van der Waals surface area (Å²) in [5, 5.41) is 11.1. The Balaban J connectivity index is 0.000000448. The first kappa shape index (κ1) is 42.2. The van der Waals surface area contributed by atoms with E-state index in [1.54, 1.807) is 21.1 Å². The summed E-state index contributed by atoms with van der Waals surface area (Å²) < 4.78 is 57.5. The Bertz CT molecular complexity index is 1620. The molecule has 7 nitrogen and oxygen atoms in total. The number of aryl methyl sites for hydroxylation is 3. The van der Waals surface area contributed by atoms with Crippen LogP contribution in [-0.4, -0.2) is 37.4 Å². The van der Waals surface area contributed by atoms with Crippen molar-refractivity contribution in [3.8, 4) is 22.6 Å². The van der Waals surface area contributed by atoms with Gasteiger partial charge in [0.25, 0.3) is 5.91 Å². The smallest absolute Gasteiger partial charge is 0.389 e. The monoisotopic (exact) mass is 688 g/mol. The standard InChI is InChI=1S/C23H24O4.C8H9FN2O.C4H7F3.C3H8/c1-4-15-13-20(26-2)23(21(14-15)27-3)19-10-6-8-17-16(11-12-22(24)25)7-5-9-18(17)19;1-4-2-5(10)3-6(9)7(4)8(11)12;1-2-3-4(5,6)7;1-3-2/h5-10,13-14H,4,11-12H2,1-3H3,(H,24,25);2-3H,10H2,1H3,(H2,11,12);2-3H2,1H3;3H2,1-2H3. The predicted molar refractivity (Wildman–Crippen MR) is 189 cm³/mol. The van der Waals surface area contributed by atoms with Gasteiger partial charge >= 0.3 is 12.1 Å². The Morgan fingerprint density at radius 2 is 1.43 bits per heavy atom. The van der Waals surface area contributed by atoms with Gasteiger partial charge in [0.2, 0.25) is 0 Å². The van der Waals surface area contributed by atoms with E-state index in [0.29, 0.717) is 12.0 Å². The highest BCUT2D eigenvalue weighted by Crippen LogP contribution is 2.43. The van der Waals surface area contributed by atoms with E-state index in [1.165, 1.54) is 19.4 Å². The molecule has 268 valence electrons. The first-order chi connectivity index (χ1) is 23.1. The number of halogens is 4. The number of fused-ring (bicyclic) bond motifs is 1. The van der Waals surface area contributed by atoms with Crippen LogP contribution in [0, 0.1) is 12.7 Å². The molecule has 5 N–H and O–H groups in total. The summed E-state index contributed by atoms with van der Waals surface area (Å²) >= 11 is 0. The number of rotatable bonds is 9. The van der Waals surface area contributed by atoms with Gasteiger partial charge in [0.1, 0.15) is 17.3 Å². The van der Waals surface area contributed by atoms with Crippen molar-refractivity contribution in [1.82, 2.24) is 0 Å². The molecule has 0 fully saturated rings. The number of benzene rings is 4. The van der Waals surface area contributed by atoms with Crippen molar-refractivity contribution in [2.45, 2.75) is 79.3 Å². The lowest BCUT2D eigenvalue weighted by molar-refractivity contribution is -0.137. The van der Waals surface area contributed by atoms with E-state index >= 15 is 0 Å². The molecule has 0 saturated heterocycles. The van der Waals surface area contributed by atoms with Gasteiger partial charge in [-0.3, -0.25) is 9.59 Å². The summed E-state index contributed by atoms with van der Waals surface area (Å²) in [5.41, 5.74) is 15.0. The maximum absolute atomic E-state index is 13.0. The predicted octanol–water partition coefficient (Wildman–Crippen LogP) is 9.68. The van der Waals surface area contributed by atoms with Crippen LogP contribution in [0.25, 0.3) is 21.9 Å². The number of aliphatic carboxylic acids is 1. The number of carboxylic acids is 1. The Kier molecular flexibility index (Phi) is 17.7. The Morgan fingerprint density at radius 1 is 0.878 bits per heavy atom. The number of hydrogen-bond donors (Lipinski definition) is 3. The number of nitrogens with two attached hydrogens (primary N) is 2. The molecule has 0 heterocycles. The van der Waals surface area contributed by atoms with E-state index in [4.69, 9.17) is 26.0 Å². The summed E-state index contributed by atoms with van der Waals surface area (Å²) in [4.78, 5) is 21.7. The Hall–Kier alpha value is -4.80. The fourth-order valence-electron chi connectivity index (χ4n) is 4.85. The number of nitrogen functional groups attached to an aromatic ring is 1. The zero-order chi connectivity index (χ0) is 37.3. The van der Waals surface area contributed by atoms with Crippen molar-refractivity contribution in [2.24, 2.45) is 5.73 Å². The van der Waals surface area contributed by atoms with Crippen molar-refractivity contribution in [2.75, 3.05) is 20.0 Å². The number of ether oxygens (including phenoxy) is 2. The van der Waals surface area contributed by atoms with E-state index < -0.39 is 30.3 Å². The van der Waals surface area contributed by atoms with Gasteiger partial charge < -0.3 is 26.0 Å². The first-order valence-electron chi connectivity index (χ1n) is 16.0. The van der Waals surface area contributed by atoms with Gasteiger partial charge in [-0.25, -0.2) is 4.39 Å². The maximum atomic E-state index is 13.0. The third-order valence-electron chi connectivity index (χ3n) is 6.95. The second kappa shape index (κ2) is 20.5. The largest absolute Gasteiger partial charge is 0.496 e. The highest BCUT2D eigenvalue weighted by Gasteiger charge is 2.24. The molecule has 11 heteroatoms. The molecule has 0 aliphatic heterocycles. The molecule has 0 saturated carbocycles. The lowest BCUT2D eigenvalue weighted by Gasteiger charge is -2.17. The molecule has 0 aromatic heterocycles. The van der Waals surface area contributed by atoms with Crippen molar-refractivity contribution < 1.29 is 41.7 Å². The zero-order valence-corrected chi connectivity index (χ0v) is 29.3. The lowest BCUT2D eigenvalue weighted by Crippen LogP contribution is -2.15. The highest BCUT2D eigenvalue weighted by molar-refractivity contribution is 6.01. The minimum absolute atomic E-state index is 0.0933. The summed E-state index contributed by atoms with van der Waals surface area (Å²) in [6.45, 7) is 9.44. The fourth-order valence-corrected chi connectivity index (χ4v) is 4.85. The summed E-state index contributed by atoms with van der Waals surface area (Å²) in [6, 6.07) is 18.8. The van der Waals surface area contributed by atoms with Crippen LogP contribution in [-0.2, 0) is 17.6 Å². The van der Waals surface area contributed by atoms with Gasteiger partial charge in [-0.2, -0.15) is 13.2 Å². The number of primary amides is 1. The van der Waals surface area contributed by atoms with Crippen LogP contribution in [0.4, 0.5) is 23.2 Å². The quantitative estimate of drug-likeness (QED) is 0.119. The summed E-state index contributed by atoms with van der Waals surface area (Å²) in [7, 11) is 3.34. The summed E-state index contributed by atoms with van der Waals surface area (Å²) in [5.74, 6) is -0.684. The van der Waals surface area contributed by atoms with E-state index in [-0.39, 0.29) is 24.1 Å². The number of alkyl halides is 3. The molecule has 0 atom stereocenters.